The largest absolute Gasteiger partial charge is 0.402 e. The summed E-state index contributed by atoms with van der Waals surface area (Å²) in [7, 11) is 1.26. The molecular weight excluding hydrogens is 1280 g/mol. The molecule has 2 heterocycles. The van der Waals surface area contributed by atoms with Gasteiger partial charge in [0.2, 0.25) is 0 Å². The van der Waals surface area contributed by atoms with Crippen LogP contribution in [0, 0.1) is 151 Å². The van der Waals surface area contributed by atoms with Crippen LogP contribution in [0.4, 0.5) is 53.0 Å². The van der Waals surface area contributed by atoms with Crippen LogP contribution in [0.5, 0.6) is 0 Å². The Labute approximate surface area is 570 Å². The number of benzene rings is 7. The zero-order valence-corrected chi connectivity index (χ0v) is 58.3. The van der Waals surface area contributed by atoms with Gasteiger partial charge in [-0.25, -0.2) is 4.90 Å². The molecule has 0 fully saturated rings. The molecule has 1 atom stereocenters. The molecule has 0 bridgehead atoms. The molecule has 0 spiro atoms. The first-order valence-electron chi connectivity index (χ1n) is 30.4. The Morgan fingerprint density at radius 2 is 0.737 bits per heavy atom. The van der Waals surface area contributed by atoms with E-state index in [4.69, 9.17) is 11.5 Å². The quantitative estimate of drug-likeness (QED) is 0.0377. The molecule has 4 amide bonds. The van der Waals surface area contributed by atoms with Crippen molar-refractivity contribution in [3.63, 3.8) is 0 Å². The summed E-state index contributed by atoms with van der Waals surface area (Å²) in [6.07, 6.45) is 1.33. The molecule has 0 aromatic heterocycles. The molecule has 9 rings (SSSR count). The first-order valence-corrected chi connectivity index (χ1v) is 30.4. The summed E-state index contributed by atoms with van der Waals surface area (Å²) in [6, 6.07) is 11.0. The van der Waals surface area contributed by atoms with Crippen LogP contribution in [0.25, 0.3) is 18.2 Å². The fraction of sp³-hybridized carbons (Fsp3) is 0.270. The van der Waals surface area contributed by atoms with E-state index in [-0.39, 0.29) is 83.9 Å². The standard InChI is InChI=1S/C32H27F3N2O4.C11H12N2O4.C11H16N2.C10H10N2O5.C10H12O/c1-8-21-16(3)15(2)17(4)26(18(21)5)37-29(40)23-12-10-20(14-25(23)30(37)41)31(6,32(33,34)35)19-9-11-22-24(13-19)28(39)36(7)27(22)38;1-5-9-6(2)10(12(14)15)8(4)11(7(9)3)13(16)17;1-5-9-6(2)10(12)8(4)11(13)7(9)3;1-5-8(4-13)6(2)10(12(16)17)7(3)9(5)11(14)15;1-7-4-8(2)10(6-11)9(3)5-7/h8-14H,1H2,2-7H3;5H,1H2,2-4H3;5H,1,12-13H2,2-4H3;4H,1-3H3;4-6H,1-3H3. The molecule has 0 radical (unpaired) electrons. The lowest BCUT2D eigenvalue weighted by atomic mass is 9.74. The van der Waals surface area contributed by atoms with Crippen LogP contribution in [0.3, 0.4) is 0 Å². The number of hydrogen-bond acceptors (Lipinski definition) is 16. The predicted octanol–water partition coefficient (Wildman–Crippen LogP) is 16.6. The number of nitro groups is 4. The maximum absolute atomic E-state index is 14.9. The number of carbonyl (C=O) groups is 6. The number of amides is 4. The number of hydrogen-bond donors (Lipinski definition) is 2. The Balaban J connectivity index is 0.000000252. The summed E-state index contributed by atoms with van der Waals surface area (Å²) in [5.74, 6) is -2.64. The highest BCUT2D eigenvalue weighted by Gasteiger charge is 2.55. The Morgan fingerprint density at radius 3 is 1.09 bits per heavy atom. The second-order valence-corrected chi connectivity index (χ2v) is 24.3. The Morgan fingerprint density at radius 1 is 0.414 bits per heavy atom. The zero-order valence-electron chi connectivity index (χ0n) is 58.3. The van der Waals surface area contributed by atoms with Gasteiger partial charge in [-0.2, -0.15) is 13.2 Å². The molecule has 25 heteroatoms. The number of nitrogens with zero attached hydrogens (tertiary/aromatic N) is 6. The second-order valence-electron chi connectivity index (χ2n) is 24.3. The van der Waals surface area contributed by atoms with Gasteiger partial charge in [-0.1, -0.05) is 67.8 Å². The zero-order chi connectivity index (χ0) is 75.6. The first kappa shape index (κ1) is 78.1. The number of imide groups is 2. The fourth-order valence-corrected chi connectivity index (χ4v) is 12.9. The number of aryl methyl sites for hydroxylation is 3. The van der Waals surface area contributed by atoms with E-state index in [1.165, 1.54) is 70.6 Å². The fourth-order valence-electron chi connectivity index (χ4n) is 12.9. The number of rotatable bonds is 12. The van der Waals surface area contributed by atoms with Gasteiger partial charge in [0.05, 0.1) is 47.6 Å². The van der Waals surface area contributed by atoms with Gasteiger partial charge in [-0.05, 0) is 220 Å². The van der Waals surface area contributed by atoms with E-state index < -0.39 is 54.9 Å². The van der Waals surface area contributed by atoms with Crippen LogP contribution in [-0.2, 0) is 5.41 Å². The first-order chi connectivity index (χ1) is 45.9. The average Bonchev–Trinajstić information content (AvgIpc) is 1.71. The molecule has 0 saturated carbocycles. The van der Waals surface area contributed by atoms with Crippen LogP contribution in [-0.4, -0.2) is 74.0 Å². The van der Waals surface area contributed by atoms with Crippen LogP contribution in [0.15, 0.2) is 68.3 Å². The van der Waals surface area contributed by atoms with Crippen molar-refractivity contribution in [1.29, 1.82) is 0 Å². The molecule has 99 heavy (non-hydrogen) atoms. The van der Waals surface area contributed by atoms with Crippen molar-refractivity contribution in [2.45, 2.75) is 129 Å². The van der Waals surface area contributed by atoms with Crippen molar-refractivity contribution < 1.29 is 61.6 Å². The number of nitrogen functional groups attached to an aromatic ring is 2. The Hall–Kier alpha value is -11.6. The van der Waals surface area contributed by atoms with Crippen LogP contribution < -0.4 is 16.4 Å². The summed E-state index contributed by atoms with van der Waals surface area (Å²) in [5.41, 5.74) is 23.1. The van der Waals surface area contributed by atoms with Gasteiger partial charge in [-0.15, -0.1) is 0 Å². The number of aldehydes is 2. The number of fused-ring (bicyclic) bond motifs is 2. The molecule has 2 aliphatic rings. The average molecular weight is 1360 g/mol. The highest BCUT2D eigenvalue weighted by molar-refractivity contribution is 6.35. The highest BCUT2D eigenvalue weighted by atomic mass is 19.4. The third-order valence-corrected chi connectivity index (χ3v) is 18.8. The lowest BCUT2D eigenvalue weighted by Crippen LogP contribution is -2.41. The number of anilines is 3. The van der Waals surface area contributed by atoms with Crippen molar-refractivity contribution >= 4 is 94.2 Å². The lowest BCUT2D eigenvalue weighted by molar-refractivity contribution is -0.396. The molecule has 0 saturated heterocycles. The van der Waals surface area contributed by atoms with E-state index in [0.29, 0.717) is 39.8 Å². The molecule has 1 unspecified atom stereocenters. The summed E-state index contributed by atoms with van der Waals surface area (Å²) < 4.78 is 44.6. The molecule has 7 aromatic carbocycles. The van der Waals surface area contributed by atoms with Gasteiger partial charge < -0.3 is 11.5 Å². The molecule has 4 N–H and O–H groups in total. The number of carbonyl (C=O) groups excluding carboxylic acids is 6. The maximum Gasteiger partial charge on any atom is 0.402 e. The van der Waals surface area contributed by atoms with E-state index in [0.717, 1.165) is 102 Å². The monoisotopic (exact) mass is 1360 g/mol. The van der Waals surface area contributed by atoms with E-state index in [1.807, 2.05) is 67.5 Å². The van der Waals surface area contributed by atoms with E-state index in [1.54, 1.807) is 39.8 Å². The highest BCUT2D eigenvalue weighted by Crippen LogP contribution is 2.49. The lowest BCUT2D eigenvalue weighted by Gasteiger charge is -2.33. The van der Waals surface area contributed by atoms with Gasteiger partial charge >= 0.3 is 6.18 Å². The maximum atomic E-state index is 14.9. The number of nitrogens with two attached hydrogens (primary N) is 2. The number of halogens is 3. The van der Waals surface area contributed by atoms with Gasteiger partial charge in [0.15, 0.2) is 12.6 Å². The van der Waals surface area contributed by atoms with Gasteiger partial charge in [0, 0.05) is 51.8 Å². The summed E-state index contributed by atoms with van der Waals surface area (Å²) in [6.45, 7) is 40.0. The normalized spacial score (nSPS) is 12.6. The smallest absolute Gasteiger partial charge is 0.398 e. The van der Waals surface area contributed by atoms with Crippen molar-refractivity contribution in [2.75, 3.05) is 23.4 Å². The Bertz CT molecular complexity index is 4490. The van der Waals surface area contributed by atoms with Crippen molar-refractivity contribution in [2.24, 2.45) is 0 Å². The van der Waals surface area contributed by atoms with Crippen LogP contribution in [0.1, 0.15) is 186 Å². The van der Waals surface area contributed by atoms with Crippen molar-refractivity contribution in [3.05, 3.63) is 259 Å². The van der Waals surface area contributed by atoms with Crippen molar-refractivity contribution in [1.82, 2.24) is 4.90 Å². The predicted molar refractivity (Wildman–Crippen MR) is 377 cm³/mol. The topological polar surface area (TPSA) is 333 Å². The molecule has 518 valence electrons. The number of nitro benzene ring substituents is 4. The molecule has 0 aliphatic carbocycles. The van der Waals surface area contributed by atoms with E-state index in [9.17, 15) is 82.4 Å². The summed E-state index contributed by atoms with van der Waals surface area (Å²) in [5, 5.41) is 43.6. The summed E-state index contributed by atoms with van der Waals surface area (Å²) >= 11 is 0. The minimum atomic E-state index is -4.86. The molecule has 7 aromatic rings. The third kappa shape index (κ3) is 14.0. The summed E-state index contributed by atoms with van der Waals surface area (Å²) in [4.78, 5) is 116. The number of alkyl halides is 3. The van der Waals surface area contributed by atoms with E-state index in [2.05, 4.69) is 19.7 Å². The molecule has 22 nitrogen and oxygen atoms in total. The minimum Gasteiger partial charge on any atom is -0.398 e. The van der Waals surface area contributed by atoms with Gasteiger partial charge in [-0.3, -0.25) is 74.1 Å². The molecular formula is C74H77F3N8O14. The van der Waals surface area contributed by atoms with Crippen molar-refractivity contribution in [3.8, 4) is 0 Å². The minimum absolute atomic E-state index is 0.00296. The Kier molecular flexibility index (Phi) is 23.5. The second kappa shape index (κ2) is 29.8. The van der Waals surface area contributed by atoms with Crippen LogP contribution in [0.2, 0.25) is 0 Å². The van der Waals surface area contributed by atoms with Crippen LogP contribution >= 0.6 is 0 Å². The van der Waals surface area contributed by atoms with E-state index >= 15 is 0 Å². The SMILES string of the molecule is C=Cc1c(C)c(C)c(C)c(N2C(=O)c3ccc(C(C)(c4ccc5c(c4)C(=O)N(C)C5=O)C(F)(F)F)cc3C2=O)c1C.C=Cc1c(C)c(N)c(C)c(N)c1C.C=Cc1c(C)c([N+](=O)[O-])c(C)c([N+](=O)[O-])c1C.Cc1c(C=O)c(C)c([N+](=O)[O-])c(C)c1[N+](=O)[O-].Cc1cc(C)c(C=O)c(C)c1. The third-order valence-electron chi connectivity index (χ3n) is 18.8. The van der Waals surface area contributed by atoms with Gasteiger partial charge in [0.25, 0.3) is 46.4 Å². The van der Waals surface area contributed by atoms with Gasteiger partial charge in [0.1, 0.15) is 16.5 Å². The molecule has 2 aliphatic heterocycles.